The van der Waals surface area contributed by atoms with Crippen molar-refractivity contribution in [1.82, 2.24) is 0 Å². The van der Waals surface area contributed by atoms with Crippen LogP contribution in [-0.2, 0) is 4.57 Å². The summed E-state index contributed by atoms with van der Waals surface area (Å²) in [7, 11) is -2.74. The van der Waals surface area contributed by atoms with Gasteiger partial charge in [0.25, 0.3) is 0 Å². The van der Waals surface area contributed by atoms with E-state index in [4.69, 9.17) is 14.4 Å². The maximum Gasteiger partial charge on any atom is 1.00 e. The molecule has 0 aromatic carbocycles. The molecule has 0 radical (unpaired) electrons. The molecule has 0 saturated carbocycles. The third kappa shape index (κ3) is 335. The van der Waals surface area contributed by atoms with Crippen molar-refractivity contribution in [1.29, 1.82) is 0 Å². The molecule has 58 valence electrons. The normalized spacial score (nSPS) is 8.00. The van der Waals surface area contributed by atoms with Crippen LogP contribution in [0.25, 0.3) is 0 Å². The second-order valence-corrected chi connectivity index (χ2v) is 4.74. The summed E-state index contributed by atoms with van der Waals surface area (Å²) >= 11 is 0. The average molecular weight is 197 g/mol. The van der Waals surface area contributed by atoms with Crippen LogP contribution in [0.2, 0.25) is 0 Å². The smallest absolute Gasteiger partial charge is 0.567 e. The van der Waals surface area contributed by atoms with Crippen LogP contribution in [-0.4, -0.2) is 30.4 Å². The summed E-state index contributed by atoms with van der Waals surface area (Å²) in [6, 6.07) is 0. The Hall–Kier alpha value is 1.41. The predicted octanol–water partition coefficient (Wildman–Crippen LogP) is -3.47. The Bertz CT molecular complexity index is 62.8. The predicted molar refractivity (Wildman–Crippen MR) is 38.1 cm³/mol. The molecule has 0 heterocycles. The van der Waals surface area contributed by atoms with Gasteiger partial charge in [-0.05, 0) is 24.6 Å². The maximum atomic E-state index is 8.59. The summed E-state index contributed by atoms with van der Waals surface area (Å²) in [6.07, 6.45) is 0. The summed E-state index contributed by atoms with van der Waals surface area (Å²) in [5, 5.41) is 0. The Labute approximate surface area is 85.3 Å². The van der Waals surface area contributed by atoms with Crippen LogP contribution in [0.4, 0.5) is 0 Å². The number of hydrogen-bond acceptors (Lipinski definition) is 2. The molecule has 0 rings (SSSR count). The van der Waals surface area contributed by atoms with E-state index in [1.54, 1.807) is 0 Å². The van der Waals surface area contributed by atoms with Crippen LogP contribution in [0.15, 0.2) is 0 Å². The van der Waals surface area contributed by atoms with E-state index in [2.05, 4.69) is 20.0 Å². The molecule has 0 spiro atoms. The van der Waals surface area contributed by atoms with E-state index >= 15 is 0 Å². The fraction of sp³-hybridized carbons (Fsp3) is 1.00. The fourth-order valence-corrected chi connectivity index (χ4v) is 0. The summed E-state index contributed by atoms with van der Waals surface area (Å²) in [6.45, 7) is 6.69. The largest absolute Gasteiger partial charge is 1.00 e. The minimum absolute atomic E-state index is 0. The van der Waals surface area contributed by atoms with E-state index in [1.165, 1.54) is 0 Å². The second-order valence-electron chi connectivity index (χ2n) is 1.58. The van der Waals surface area contributed by atoms with Crippen molar-refractivity contribution in [2.75, 3.05) is 20.0 Å². The molecule has 4 nitrogen and oxygen atoms in total. The Morgan fingerprint density at radius 3 is 1.40 bits per heavy atom. The summed E-state index contributed by atoms with van der Waals surface area (Å²) in [5.41, 5.74) is 0. The summed E-state index contributed by atoms with van der Waals surface area (Å²) in [5.74, 6) is 0. The molecule has 0 aromatic rings. The Morgan fingerprint density at radius 1 is 1.40 bits per heavy atom. The van der Waals surface area contributed by atoms with Crippen molar-refractivity contribution >= 4 is 16.2 Å². The molecule has 0 aliphatic carbocycles. The van der Waals surface area contributed by atoms with Crippen LogP contribution < -0.4 is 34.5 Å². The third-order valence-corrected chi connectivity index (χ3v) is 0. The first-order valence-corrected chi connectivity index (χ1v) is 5.72. The molecule has 0 saturated heterocycles. The first-order valence-electron chi connectivity index (χ1n) is 1.91. The van der Waals surface area contributed by atoms with Crippen LogP contribution in [0.3, 0.4) is 0 Å². The summed E-state index contributed by atoms with van der Waals surface area (Å²) < 4.78 is 8.59. The molecule has 0 aromatic heterocycles. The monoisotopic (exact) mass is 197 g/mol. The first kappa shape index (κ1) is 22.5. The number of hydrogen-bond donors (Lipinski definition) is 1. The SMILES string of the molecule is CP(C)C.O.O=[P+]([O-])O.[Na+]. The van der Waals surface area contributed by atoms with Gasteiger partial charge in [-0.25, -0.2) is 0 Å². The van der Waals surface area contributed by atoms with E-state index in [0.29, 0.717) is 7.92 Å². The van der Waals surface area contributed by atoms with Gasteiger partial charge in [-0.2, -0.15) is 4.89 Å². The van der Waals surface area contributed by atoms with Crippen LogP contribution in [0.1, 0.15) is 0 Å². The molecule has 1 atom stereocenters. The fourth-order valence-electron chi connectivity index (χ4n) is 0. The molecule has 0 bridgehead atoms. The van der Waals surface area contributed by atoms with Gasteiger partial charge in [0.05, 0.1) is 0 Å². The Kier molecular flexibility index (Phi) is 37.8. The molecule has 0 aliphatic rings. The van der Waals surface area contributed by atoms with E-state index in [9.17, 15) is 0 Å². The quantitative estimate of drug-likeness (QED) is 0.323. The van der Waals surface area contributed by atoms with Gasteiger partial charge in [-0.15, -0.1) is 7.92 Å². The standard InChI is InChI=1S/C3H9P.Na.HO3P.H2O/c1-4(2)3;;1-4(2)3;/h1-3H3;;(H,1,2,3);1H2/q;+1;;. The van der Waals surface area contributed by atoms with Gasteiger partial charge in [0.1, 0.15) is 0 Å². The van der Waals surface area contributed by atoms with Crippen molar-refractivity contribution in [3.8, 4) is 0 Å². The van der Waals surface area contributed by atoms with Crippen molar-refractivity contribution < 1.29 is 49.4 Å². The topological polar surface area (TPSA) is 91.9 Å². The average Bonchev–Trinajstić information content (AvgIpc) is 1.25. The van der Waals surface area contributed by atoms with Crippen molar-refractivity contribution in [3.05, 3.63) is 0 Å². The van der Waals surface area contributed by atoms with Gasteiger partial charge >= 0.3 is 37.8 Å². The molecule has 0 fully saturated rings. The first-order chi connectivity index (χ1) is 3.46. The van der Waals surface area contributed by atoms with Gasteiger partial charge in [0, 0.05) is 0 Å². The third-order valence-electron chi connectivity index (χ3n) is 0. The van der Waals surface area contributed by atoms with Crippen molar-refractivity contribution in [2.24, 2.45) is 0 Å². The molecule has 3 N–H and O–H groups in total. The molecule has 7 heteroatoms. The van der Waals surface area contributed by atoms with Gasteiger partial charge in [-0.1, -0.05) is 0 Å². The zero-order valence-corrected chi connectivity index (χ0v) is 10.4. The van der Waals surface area contributed by atoms with Gasteiger partial charge in [-0.3, -0.25) is 0 Å². The molecule has 0 aliphatic heterocycles. The maximum absolute atomic E-state index is 8.59. The molecule has 1 unspecified atom stereocenters. The van der Waals surface area contributed by atoms with Crippen LogP contribution in [0, 0.1) is 0 Å². The minimum atomic E-state index is -3.12. The van der Waals surface area contributed by atoms with E-state index in [1.807, 2.05) is 0 Å². The zero-order valence-electron chi connectivity index (χ0n) is 6.66. The van der Waals surface area contributed by atoms with Gasteiger partial charge in [0.15, 0.2) is 0 Å². The van der Waals surface area contributed by atoms with E-state index in [-0.39, 0.29) is 35.0 Å². The summed E-state index contributed by atoms with van der Waals surface area (Å²) in [4.78, 5) is 15.6. The van der Waals surface area contributed by atoms with Crippen molar-refractivity contribution in [3.63, 3.8) is 0 Å². The molecule has 0 amide bonds. The Morgan fingerprint density at radius 2 is 1.40 bits per heavy atom. The van der Waals surface area contributed by atoms with Gasteiger partial charge < -0.3 is 10.4 Å². The van der Waals surface area contributed by atoms with Crippen LogP contribution in [0.5, 0.6) is 0 Å². The van der Waals surface area contributed by atoms with Crippen molar-refractivity contribution in [2.45, 2.75) is 0 Å². The molecule has 10 heavy (non-hydrogen) atoms. The van der Waals surface area contributed by atoms with Gasteiger partial charge in [0.2, 0.25) is 0 Å². The van der Waals surface area contributed by atoms with Crippen LogP contribution >= 0.6 is 16.2 Å². The minimum Gasteiger partial charge on any atom is -0.567 e. The molecular weight excluding hydrogens is 185 g/mol. The second kappa shape index (κ2) is 16.8. The van der Waals surface area contributed by atoms with E-state index in [0.717, 1.165) is 0 Å². The molecular formula is C3H12NaO4P2+. The zero-order chi connectivity index (χ0) is 7.15. The van der Waals surface area contributed by atoms with E-state index < -0.39 is 8.25 Å². The Balaban J connectivity index is -0.0000000300. The number of rotatable bonds is 0.